The maximum Gasteiger partial charge on any atom is 0.416 e. The van der Waals surface area contributed by atoms with Gasteiger partial charge in [-0.1, -0.05) is 61.2 Å². The van der Waals surface area contributed by atoms with Gasteiger partial charge in [0.05, 0.1) is 22.7 Å². The predicted octanol–water partition coefficient (Wildman–Crippen LogP) is 8.57. The number of amides is 1. The number of rotatable bonds is 6. The highest BCUT2D eigenvalue weighted by Crippen LogP contribution is 2.39. The Balaban J connectivity index is 1.76. The minimum atomic E-state index is -4.63. The van der Waals surface area contributed by atoms with Crippen LogP contribution in [0.4, 0.5) is 24.5 Å². The normalized spacial score (nSPS) is 15.3. The minimum absolute atomic E-state index is 0.0175. The zero-order valence-corrected chi connectivity index (χ0v) is 21.0. The summed E-state index contributed by atoms with van der Waals surface area (Å²) in [7, 11) is 0. The number of halogens is 4. The van der Waals surface area contributed by atoms with Crippen LogP contribution in [0, 0.1) is 0 Å². The molecule has 1 aliphatic rings. The van der Waals surface area contributed by atoms with Gasteiger partial charge in [-0.2, -0.15) is 13.2 Å². The fourth-order valence-electron chi connectivity index (χ4n) is 4.95. The molecular weight excluding hydrogens is 503 g/mol. The van der Waals surface area contributed by atoms with E-state index in [4.69, 9.17) is 11.6 Å². The van der Waals surface area contributed by atoms with E-state index in [0.717, 1.165) is 48.3 Å². The molecule has 0 saturated heterocycles. The largest absolute Gasteiger partial charge is 0.478 e. The zero-order valence-electron chi connectivity index (χ0n) is 20.3. The summed E-state index contributed by atoms with van der Waals surface area (Å²) in [6, 6.07) is 15.6. The molecule has 1 fully saturated rings. The fraction of sp³-hybridized carbons (Fsp3) is 0.310. The van der Waals surface area contributed by atoms with Crippen molar-refractivity contribution >= 4 is 34.9 Å². The molecule has 3 aromatic rings. The van der Waals surface area contributed by atoms with E-state index in [0.29, 0.717) is 16.5 Å². The van der Waals surface area contributed by atoms with Crippen molar-refractivity contribution in [3.8, 4) is 0 Å². The highest BCUT2D eigenvalue weighted by Gasteiger charge is 2.33. The molecule has 0 aromatic heterocycles. The lowest BCUT2D eigenvalue weighted by Crippen LogP contribution is -2.31. The first-order valence-corrected chi connectivity index (χ1v) is 12.6. The van der Waals surface area contributed by atoms with Crippen LogP contribution in [0.1, 0.15) is 77.9 Å². The number of carboxylic acids is 1. The Morgan fingerprint density at radius 2 is 1.68 bits per heavy atom. The summed E-state index contributed by atoms with van der Waals surface area (Å²) in [5, 5.41) is 10.3. The van der Waals surface area contributed by atoms with Crippen LogP contribution >= 0.6 is 11.6 Å². The number of nitrogens with zero attached hydrogens (tertiary/aromatic N) is 1. The summed E-state index contributed by atoms with van der Waals surface area (Å²) < 4.78 is 40.5. The van der Waals surface area contributed by atoms with Crippen LogP contribution in [0.3, 0.4) is 0 Å². The van der Waals surface area contributed by atoms with E-state index in [1.807, 2.05) is 12.1 Å². The molecule has 0 aliphatic heterocycles. The molecule has 1 atom stereocenters. The molecule has 3 aromatic carbocycles. The first kappa shape index (κ1) is 26.7. The SMILES string of the molecule is C[C@@H](C(=O)N(c1cccc(C(F)(F)F)c1)c1ccccc1C(=O)O)c1ccc(C2CCCCC2)c(Cl)c1. The first-order chi connectivity index (χ1) is 17.6. The van der Waals surface area contributed by atoms with Gasteiger partial charge in [0.15, 0.2) is 0 Å². The second kappa shape index (κ2) is 11.0. The number of carbonyl (C=O) groups excluding carboxylic acids is 1. The van der Waals surface area contributed by atoms with Gasteiger partial charge in [-0.3, -0.25) is 9.69 Å². The minimum Gasteiger partial charge on any atom is -0.478 e. The van der Waals surface area contributed by atoms with Crippen molar-refractivity contribution in [2.24, 2.45) is 0 Å². The second-order valence-electron chi connectivity index (χ2n) is 9.38. The summed E-state index contributed by atoms with van der Waals surface area (Å²) >= 11 is 6.64. The number of alkyl halides is 3. The molecule has 0 bridgehead atoms. The maximum absolute atomic E-state index is 13.9. The van der Waals surface area contributed by atoms with Gasteiger partial charge >= 0.3 is 12.1 Å². The summed E-state index contributed by atoms with van der Waals surface area (Å²) in [4.78, 5) is 26.9. The van der Waals surface area contributed by atoms with Crippen molar-refractivity contribution in [1.82, 2.24) is 0 Å². The third-order valence-corrected chi connectivity index (χ3v) is 7.29. The molecule has 0 spiro atoms. The Kier molecular flexibility index (Phi) is 7.93. The molecule has 0 heterocycles. The second-order valence-corrected chi connectivity index (χ2v) is 9.79. The van der Waals surface area contributed by atoms with Gasteiger partial charge < -0.3 is 5.11 Å². The van der Waals surface area contributed by atoms with Gasteiger partial charge in [-0.25, -0.2) is 4.79 Å². The smallest absolute Gasteiger partial charge is 0.416 e. The van der Waals surface area contributed by atoms with E-state index in [2.05, 4.69) is 0 Å². The number of carbonyl (C=O) groups is 2. The van der Waals surface area contributed by atoms with Crippen molar-refractivity contribution in [3.05, 3.63) is 94.0 Å². The molecular formula is C29H27ClF3NO3. The van der Waals surface area contributed by atoms with E-state index in [1.165, 1.54) is 42.8 Å². The molecule has 0 unspecified atom stereocenters. The molecule has 8 heteroatoms. The number of carboxylic acid groups (broad SMARTS) is 1. The Bertz CT molecular complexity index is 1300. The van der Waals surface area contributed by atoms with Gasteiger partial charge in [0.25, 0.3) is 0 Å². The molecule has 1 saturated carbocycles. The number of hydrogen-bond acceptors (Lipinski definition) is 2. The predicted molar refractivity (Wildman–Crippen MR) is 138 cm³/mol. The average Bonchev–Trinajstić information content (AvgIpc) is 2.88. The van der Waals surface area contributed by atoms with Crippen molar-refractivity contribution in [1.29, 1.82) is 0 Å². The Morgan fingerprint density at radius 3 is 2.32 bits per heavy atom. The van der Waals surface area contributed by atoms with Gasteiger partial charge in [0.2, 0.25) is 5.91 Å². The van der Waals surface area contributed by atoms with Gasteiger partial charge in [-0.05, 0) is 73.2 Å². The van der Waals surface area contributed by atoms with E-state index >= 15 is 0 Å². The number of para-hydroxylation sites is 1. The average molecular weight is 530 g/mol. The van der Waals surface area contributed by atoms with Crippen LogP contribution in [0.2, 0.25) is 5.02 Å². The Labute approximate surface area is 218 Å². The van der Waals surface area contributed by atoms with E-state index in [1.54, 1.807) is 13.0 Å². The van der Waals surface area contributed by atoms with Gasteiger partial charge in [-0.15, -0.1) is 0 Å². The standard InChI is InChI=1S/C29H27ClF3NO3/c1-18(20-14-15-23(25(30)16-20)19-8-3-2-4-9-19)27(35)34(26-13-6-5-12-24(26)28(36)37)22-11-7-10-21(17-22)29(31,32)33/h5-7,10-19H,2-4,8-9H2,1H3,(H,36,37)/t18-/m1/s1. The monoisotopic (exact) mass is 529 g/mol. The van der Waals surface area contributed by atoms with E-state index in [9.17, 15) is 27.9 Å². The number of hydrogen-bond donors (Lipinski definition) is 1. The maximum atomic E-state index is 13.9. The molecule has 194 valence electrons. The molecule has 1 amide bonds. The van der Waals surface area contributed by atoms with Crippen molar-refractivity contribution in [2.75, 3.05) is 4.90 Å². The zero-order chi connectivity index (χ0) is 26.7. The lowest BCUT2D eigenvalue weighted by molar-refractivity contribution is -0.137. The van der Waals surface area contributed by atoms with Gasteiger partial charge in [0, 0.05) is 10.7 Å². The topological polar surface area (TPSA) is 57.6 Å². The van der Waals surface area contributed by atoms with Crippen LogP contribution in [-0.4, -0.2) is 17.0 Å². The van der Waals surface area contributed by atoms with E-state index in [-0.39, 0.29) is 16.9 Å². The molecule has 0 radical (unpaired) electrons. The molecule has 1 N–H and O–H groups in total. The van der Waals surface area contributed by atoms with Gasteiger partial charge in [0.1, 0.15) is 0 Å². The summed E-state index contributed by atoms with van der Waals surface area (Å²) in [5.41, 5.74) is 0.394. The highest BCUT2D eigenvalue weighted by atomic mass is 35.5. The summed E-state index contributed by atoms with van der Waals surface area (Å²) in [5.74, 6) is -2.32. The number of aromatic carboxylic acids is 1. The Hall–Kier alpha value is -3.32. The first-order valence-electron chi connectivity index (χ1n) is 12.2. The van der Waals surface area contributed by atoms with Crippen molar-refractivity contribution in [2.45, 2.75) is 57.0 Å². The van der Waals surface area contributed by atoms with Crippen molar-refractivity contribution < 1.29 is 27.9 Å². The highest BCUT2D eigenvalue weighted by molar-refractivity contribution is 6.31. The molecule has 37 heavy (non-hydrogen) atoms. The lowest BCUT2D eigenvalue weighted by atomic mass is 9.83. The Morgan fingerprint density at radius 1 is 0.973 bits per heavy atom. The van der Waals surface area contributed by atoms with Crippen LogP contribution in [0.25, 0.3) is 0 Å². The summed E-state index contributed by atoms with van der Waals surface area (Å²) in [6.45, 7) is 1.64. The quantitative estimate of drug-likeness (QED) is 0.348. The molecule has 1 aliphatic carbocycles. The number of anilines is 2. The van der Waals surface area contributed by atoms with Crippen molar-refractivity contribution in [3.63, 3.8) is 0 Å². The fourth-order valence-corrected chi connectivity index (χ4v) is 5.29. The molecule has 4 rings (SSSR count). The third kappa shape index (κ3) is 5.82. The van der Waals surface area contributed by atoms with E-state index < -0.39 is 29.5 Å². The van der Waals surface area contributed by atoms with Crippen LogP contribution in [0.15, 0.2) is 66.7 Å². The third-order valence-electron chi connectivity index (χ3n) is 6.97. The molecule has 4 nitrogen and oxygen atoms in total. The summed E-state index contributed by atoms with van der Waals surface area (Å²) in [6.07, 6.45) is 0.983. The van der Waals surface area contributed by atoms with Crippen LogP contribution in [0.5, 0.6) is 0 Å². The van der Waals surface area contributed by atoms with Crippen LogP contribution in [-0.2, 0) is 11.0 Å². The lowest BCUT2D eigenvalue weighted by Gasteiger charge is -2.28. The van der Waals surface area contributed by atoms with Crippen LogP contribution < -0.4 is 4.90 Å². The number of benzene rings is 3.